The minimum absolute atomic E-state index is 0.0858. The van der Waals surface area contributed by atoms with Gasteiger partial charge in [0.2, 0.25) is 5.91 Å². The van der Waals surface area contributed by atoms with Crippen molar-refractivity contribution in [3.63, 3.8) is 0 Å². The molecule has 7 heteroatoms. The highest BCUT2D eigenvalue weighted by molar-refractivity contribution is 5.93. The number of carbonyl (C=O) groups is 2. The van der Waals surface area contributed by atoms with Crippen LogP contribution in [0, 0.1) is 0 Å². The Bertz CT molecular complexity index is 813. The van der Waals surface area contributed by atoms with E-state index in [0.29, 0.717) is 24.2 Å². The van der Waals surface area contributed by atoms with Crippen LogP contribution in [0.1, 0.15) is 16.8 Å². The molecule has 0 spiro atoms. The van der Waals surface area contributed by atoms with Crippen molar-refractivity contribution in [3.05, 3.63) is 54.1 Å². The Hall–Kier alpha value is -3.06. The molecule has 1 fully saturated rings. The van der Waals surface area contributed by atoms with Crippen LogP contribution >= 0.6 is 0 Å². The molecule has 0 aromatic heterocycles. The van der Waals surface area contributed by atoms with Gasteiger partial charge in [-0.25, -0.2) is 4.79 Å². The van der Waals surface area contributed by atoms with E-state index in [9.17, 15) is 9.59 Å². The highest BCUT2D eigenvalue weighted by atomic mass is 16.5. The zero-order chi connectivity index (χ0) is 20.6. The third-order valence-electron chi connectivity index (χ3n) is 5.01. The summed E-state index contributed by atoms with van der Waals surface area (Å²) in [6.07, 6.45) is 0.346. The van der Waals surface area contributed by atoms with Gasteiger partial charge < -0.3 is 25.2 Å². The number of rotatable bonds is 7. The van der Waals surface area contributed by atoms with Crippen LogP contribution in [0.3, 0.4) is 0 Å². The number of piperazine rings is 1. The minimum Gasteiger partial charge on any atom is -0.465 e. The third-order valence-corrected chi connectivity index (χ3v) is 5.01. The molecule has 0 aliphatic carbocycles. The molecule has 0 radical (unpaired) electrons. The smallest absolute Gasteiger partial charge is 0.337 e. The van der Waals surface area contributed by atoms with Crippen LogP contribution in [-0.2, 0) is 9.53 Å². The summed E-state index contributed by atoms with van der Waals surface area (Å²) in [6.45, 7) is 4.80. The summed E-state index contributed by atoms with van der Waals surface area (Å²) in [7, 11) is 3.49. The Labute approximate surface area is 171 Å². The minimum atomic E-state index is -0.397. The first-order valence-electron chi connectivity index (χ1n) is 9.81. The average molecular weight is 396 g/mol. The Morgan fingerprint density at radius 3 is 2.17 bits per heavy atom. The lowest BCUT2D eigenvalue weighted by Gasteiger charge is -2.34. The molecule has 0 unspecified atom stereocenters. The van der Waals surface area contributed by atoms with Gasteiger partial charge in [-0.05, 0) is 55.6 Å². The van der Waals surface area contributed by atoms with Gasteiger partial charge in [0.15, 0.2) is 0 Å². The predicted molar refractivity (Wildman–Crippen MR) is 116 cm³/mol. The van der Waals surface area contributed by atoms with Gasteiger partial charge in [-0.2, -0.15) is 0 Å². The van der Waals surface area contributed by atoms with Crippen LogP contribution in [0.2, 0.25) is 0 Å². The van der Waals surface area contributed by atoms with Gasteiger partial charge in [0, 0.05) is 56.2 Å². The maximum absolute atomic E-state index is 12.1. The van der Waals surface area contributed by atoms with E-state index in [1.165, 1.54) is 12.8 Å². The number of nitrogens with zero attached hydrogens (tertiary/aromatic N) is 2. The molecule has 0 saturated carbocycles. The van der Waals surface area contributed by atoms with Gasteiger partial charge in [-0.15, -0.1) is 0 Å². The van der Waals surface area contributed by atoms with Gasteiger partial charge in [0.05, 0.1) is 12.7 Å². The summed E-state index contributed by atoms with van der Waals surface area (Å²) < 4.78 is 4.66. The van der Waals surface area contributed by atoms with Crippen LogP contribution in [0.15, 0.2) is 48.5 Å². The second-order valence-corrected chi connectivity index (χ2v) is 7.13. The number of likely N-dealkylation sites (N-methyl/N-ethyl adjacent to an activating group) is 1. The fourth-order valence-electron chi connectivity index (χ4n) is 3.21. The SMILES string of the molecule is COC(=O)c1ccc(NC(=O)CCNc2ccc(N3CCN(C)CC3)cc2)cc1. The monoisotopic (exact) mass is 396 g/mol. The molecule has 2 aromatic rings. The molecule has 7 nitrogen and oxygen atoms in total. The van der Waals surface area contributed by atoms with Crippen LogP contribution in [0.25, 0.3) is 0 Å². The number of anilines is 3. The van der Waals surface area contributed by atoms with E-state index in [4.69, 9.17) is 0 Å². The standard InChI is InChI=1S/C22H28N4O3/c1-25-13-15-26(16-14-25)20-9-7-18(8-10-20)23-12-11-21(27)24-19-5-3-17(4-6-19)22(28)29-2/h3-10,23H,11-16H2,1-2H3,(H,24,27). The van der Waals surface area contributed by atoms with E-state index in [1.54, 1.807) is 24.3 Å². The number of nitrogens with one attached hydrogen (secondary N) is 2. The normalized spacial score (nSPS) is 14.3. The van der Waals surface area contributed by atoms with E-state index in [2.05, 4.69) is 56.5 Å². The van der Waals surface area contributed by atoms with E-state index in [1.807, 2.05) is 0 Å². The lowest BCUT2D eigenvalue weighted by atomic mass is 10.2. The Balaban J connectivity index is 1.41. The first-order valence-corrected chi connectivity index (χ1v) is 9.81. The average Bonchev–Trinajstić information content (AvgIpc) is 2.75. The molecule has 1 heterocycles. The molecule has 1 aliphatic rings. The van der Waals surface area contributed by atoms with Crippen LogP contribution < -0.4 is 15.5 Å². The van der Waals surface area contributed by atoms with Crippen molar-refractivity contribution >= 4 is 28.9 Å². The zero-order valence-corrected chi connectivity index (χ0v) is 17.0. The Morgan fingerprint density at radius 1 is 0.931 bits per heavy atom. The number of hydrogen-bond acceptors (Lipinski definition) is 6. The van der Waals surface area contributed by atoms with E-state index in [0.717, 1.165) is 31.9 Å². The van der Waals surface area contributed by atoms with E-state index >= 15 is 0 Å². The molecule has 0 bridgehead atoms. The molecule has 2 N–H and O–H groups in total. The fourth-order valence-corrected chi connectivity index (χ4v) is 3.21. The quantitative estimate of drug-likeness (QED) is 0.701. The van der Waals surface area contributed by atoms with Crippen LogP contribution in [-0.4, -0.2) is 63.7 Å². The molecule has 29 heavy (non-hydrogen) atoms. The van der Waals surface area contributed by atoms with Gasteiger partial charge in [0.25, 0.3) is 0 Å². The lowest BCUT2D eigenvalue weighted by molar-refractivity contribution is -0.115. The number of ether oxygens (including phenoxy) is 1. The molecular weight excluding hydrogens is 368 g/mol. The third kappa shape index (κ3) is 5.96. The summed E-state index contributed by atoms with van der Waals surface area (Å²) in [5.74, 6) is -0.483. The van der Waals surface area contributed by atoms with Crippen LogP contribution in [0.5, 0.6) is 0 Å². The highest BCUT2D eigenvalue weighted by Crippen LogP contribution is 2.19. The van der Waals surface area contributed by atoms with Gasteiger partial charge in [-0.3, -0.25) is 4.79 Å². The first kappa shape index (κ1) is 20.7. The zero-order valence-electron chi connectivity index (χ0n) is 17.0. The predicted octanol–water partition coefficient (Wildman–Crippen LogP) is 2.67. The largest absolute Gasteiger partial charge is 0.465 e. The summed E-state index contributed by atoms with van der Waals surface area (Å²) >= 11 is 0. The summed E-state index contributed by atoms with van der Waals surface area (Å²) in [6, 6.07) is 15.0. The molecule has 1 saturated heterocycles. The Kier molecular flexibility index (Phi) is 7.08. The van der Waals surface area contributed by atoms with Crippen molar-refractivity contribution in [2.75, 3.05) is 62.4 Å². The number of benzene rings is 2. The molecule has 2 aromatic carbocycles. The molecule has 0 atom stereocenters. The van der Waals surface area contributed by atoms with E-state index < -0.39 is 5.97 Å². The second-order valence-electron chi connectivity index (χ2n) is 7.13. The fraction of sp³-hybridized carbons (Fsp3) is 0.364. The molecule has 154 valence electrons. The first-order chi connectivity index (χ1) is 14.0. The Morgan fingerprint density at radius 2 is 1.55 bits per heavy atom. The topological polar surface area (TPSA) is 73.9 Å². The lowest BCUT2D eigenvalue weighted by Crippen LogP contribution is -2.44. The number of amides is 1. The molecular formula is C22H28N4O3. The molecule has 1 aliphatic heterocycles. The van der Waals surface area contributed by atoms with Crippen molar-refractivity contribution in [2.24, 2.45) is 0 Å². The van der Waals surface area contributed by atoms with Gasteiger partial charge >= 0.3 is 5.97 Å². The molecule has 3 rings (SSSR count). The number of methoxy groups -OCH3 is 1. The highest BCUT2D eigenvalue weighted by Gasteiger charge is 2.14. The number of hydrogen-bond donors (Lipinski definition) is 2. The van der Waals surface area contributed by atoms with Crippen molar-refractivity contribution in [3.8, 4) is 0 Å². The maximum Gasteiger partial charge on any atom is 0.337 e. The number of carbonyl (C=O) groups excluding carboxylic acids is 2. The summed E-state index contributed by atoms with van der Waals surface area (Å²) in [5, 5.41) is 6.11. The second kappa shape index (κ2) is 9.93. The van der Waals surface area contributed by atoms with Crippen molar-refractivity contribution < 1.29 is 14.3 Å². The van der Waals surface area contributed by atoms with Crippen molar-refractivity contribution in [1.82, 2.24) is 4.90 Å². The van der Waals surface area contributed by atoms with E-state index in [-0.39, 0.29) is 5.91 Å². The maximum atomic E-state index is 12.1. The van der Waals surface area contributed by atoms with Gasteiger partial charge in [-0.1, -0.05) is 0 Å². The van der Waals surface area contributed by atoms with Gasteiger partial charge in [0.1, 0.15) is 0 Å². The summed E-state index contributed by atoms with van der Waals surface area (Å²) in [4.78, 5) is 28.3. The molecule has 1 amide bonds. The summed E-state index contributed by atoms with van der Waals surface area (Å²) in [5.41, 5.74) is 3.33. The number of esters is 1. The van der Waals surface area contributed by atoms with Crippen molar-refractivity contribution in [2.45, 2.75) is 6.42 Å². The van der Waals surface area contributed by atoms with Crippen molar-refractivity contribution in [1.29, 1.82) is 0 Å². The van der Waals surface area contributed by atoms with Crippen LogP contribution in [0.4, 0.5) is 17.1 Å².